The Morgan fingerprint density at radius 1 is 1.33 bits per heavy atom. The van der Waals surface area contributed by atoms with Gasteiger partial charge in [-0.3, -0.25) is 0 Å². The first-order valence-electron chi connectivity index (χ1n) is 6.48. The van der Waals surface area contributed by atoms with E-state index in [4.69, 9.17) is 33.7 Å². The van der Waals surface area contributed by atoms with E-state index in [1.165, 1.54) is 0 Å². The third-order valence-electron chi connectivity index (χ3n) is 2.76. The molecule has 0 unspecified atom stereocenters. The Labute approximate surface area is 137 Å². The molecule has 1 aromatic carbocycles. The number of thioether (sulfide) groups is 1. The van der Waals surface area contributed by atoms with Crippen molar-refractivity contribution in [1.82, 2.24) is 14.8 Å². The number of benzene rings is 1. The predicted octanol–water partition coefficient (Wildman–Crippen LogP) is 3.23. The fraction of sp³-hybridized carbons (Fsp3) is 0.385. The van der Waals surface area contributed by atoms with Crippen molar-refractivity contribution in [3.8, 4) is 5.75 Å². The van der Waals surface area contributed by atoms with Crippen molar-refractivity contribution >= 4 is 35.0 Å². The number of ether oxygens (including phenoxy) is 1. The van der Waals surface area contributed by atoms with Gasteiger partial charge in [0.2, 0.25) is 0 Å². The first-order chi connectivity index (χ1) is 10.2. The minimum atomic E-state index is 0.387. The monoisotopic (exact) mass is 346 g/mol. The van der Waals surface area contributed by atoms with Crippen LogP contribution in [0.3, 0.4) is 0 Å². The lowest BCUT2D eigenvalue weighted by Crippen LogP contribution is -2.08. The fourth-order valence-electron chi connectivity index (χ4n) is 1.77. The molecule has 0 spiro atoms. The van der Waals surface area contributed by atoms with E-state index in [-0.39, 0.29) is 0 Å². The van der Waals surface area contributed by atoms with Gasteiger partial charge in [0.05, 0.1) is 18.2 Å². The summed E-state index contributed by atoms with van der Waals surface area (Å²) in [5.41, 5.74) is 5.62. The molecule has 1 heterocycles. The summed E-state index contributed by atoms with van der Waals surface area (Å²) in [4.78, 5) is 0. The maximum atomic E-state index is 6.04. The Bertz CT molecular complexity index is 606. The van der Waals surface area contributed by atoms with Gasteiger partial charge in [-0.1, -0.05) is 35.0 Å². The van der Waals surface area contributed by atoms with Gasteiger partial charge in [-0.15, -0.1) is 10.2 Å². The molecular formula is C13H16Cl2N4OS. The molecule has 0 amide bonds. The lowest BCUT2D eigenvalue weighted by molar-refractivity contribution is 0.344. The molecule has 5 nitrogen and oxygen atoms in total. The van der Waals surface area contributed by atoms with Crippen LogP contribution in [0.25, 0.3) is 0 Å². The third-order valence-corrected chi connectivity index (χ3v) is 4.22. The summed E-state index contributed by atoms with van der Waals surface area (Å²) in [6.45, 7) is 3.74. The zero-order valence-electron chi connectivity index (χ0n) is 11.6. The molecule has 0 aliphatic heterocycles. The number of hydrogen-bond donors (Lipinski definition) is 1. The molecule has 0 aliphatic rings. The quantitative estimate of drug-likeness (QED) is 0.615. The van der Waals surface area contributed by atoms with Crippen molar-refractivity contribution in [2.75, 3.05) is 12.4 Å². The average Bonchev–Trinajstić information content (AvgIpc) is 2.87. The number of hydrogen-bond acceptors (Lipinski definition) is 5. The zero-order chi connectivity index (χ0) is 15.2. The van der Waals surface area contributed by atoms with Crippen LogP contribution in [0.5, 0.6) is 5.75 Å². The van der Waals surface area contributed by atoms with Crippen LogP contribution < -0.4 is 10.5 Å². The first-order valence-corrected chi connectivity index (χ1v) is 8.22. The Morgan fingerprint density at radius 3 is 2.81 bits per heavy atom. The molecule has 1 aromatic heterocycles. The van der Waals surface area contributed by atoms with Gasteiger partial charge in [-0.25, -0.2) is 0 Å². The third kappa shape index (κ3) is 4.26. The maximum Gasteiger partial charge on any atom is 0.191 e. The normalized spacial score (nSPS) is 10.9. The lowest BCUT2D eigenvalue weighted by Gasteiger charge is -2.08. The fourth-order valence-corrected chi connectivity index (χ4v) is 3.07. The lowest BCUT2D eigenvalue weighted by atomic mass is 10.3. The highest BCUT2D eigenvalue weighted by Crippen LogP contribution is 2.27. The van der Waals surface area contributed by atoms with E-state index in [0.717, 1.165) is 23.3 Å². The van der Waals surface area contributed by atoms with E-state index in [2.05, 4.69) is 10.2 Å². The minimum absolute atomic E-state index is 0.387. The van der Waals surface area contributed by atoms with Crippen molar-refractivity contribution in [3.63, 3.8) is 0 Å². The van der Waals surface area contributed by atoms with Crippen molar-refractivity contribution < 1.29 is 4.74 Å². The molecule has 0 aliphatic carbocycles. The Kier molecular flexibility index (Phi) is 6.17. The predicted molar refractivity (Wildman–Crippen MR) is 86.3 cm³/mol. The van der Waals surface area contributed by atoms with Crippen molar-refractivity contribution in [3.05, 3.63) is 34.1 Å². The van der Waals surface area contributed by atoms with Gasteiger partial charge in [0, 0.05) is 17.3 Å². The standard InChI is InChI=1S/C13H16Cl2N4OS/c1-2-19-12(8-16)17-18-13(19)21-6-5-20-11-4-3-9(14)7-10(11)15/h3-4,7H,2,5-6,8,16H2,1H3. The van der Waals surface area contributed by atoms with Crippen LogP contribution in [-0.4, -0.2) is 27.1 Å². The first kappa shape index (κ1) is 16.4. The van der Waals surface area contributed by atoms with E-state index < -0.39 is 0 Å². The average molecular weight is 347 g/mol. The number of nitrogens with zero attached hydrogens (tertiary/aromatic N) is 3. The minimum Gasteiger partial charge on any atom is -0.491 e. The van der Waals surface area contributed by atoms with Crippen LogP contribution >= 0.6 is 35.0 Å². The van der Waals surface area contributed by atoms with Crippen molar-refractivity contribution in [2.24, 2.45) is 5.73 Å². The van der Waals surface area contributed by atoms with Crippen LogP contribution in [0.2, 0.25) is 10.0 Å². The molecule has 21 heavy (non-hydrogen) atoms. The number of halogens is 2. The molecule has 0 fully saturated rings. The molecule has 0 bridgehead atoms. The highest BCUT2D eigenvalue weighted by molar-refractivity contribution is 7.99. The van der Waals surface area contributed by atoms with Gasteiger partial charge in [-0.2, -0.15) is 0 Å². The molecule has 8 heteroatoms. The van der Waals surface area contributed by atoms with Crippen LogP contribution in [-0.2, 0) is 13.1 Å². The molecule has 0 saturated carbocycles. The topological polar surface area (TPSA) is 66.0 Å². The summed E-state index contributed by atoms with van der Waals surface area (Å²) in [6, 6.07) is 5.17. The SMILES string of the molecule is CCn1c(CN)nnc1SCCOc1ccc(Cl)cc1Cl. The van der Waals surface area contributed by atoms with Crippen LogP contribution in [0.1, 0.15) is 12.7 Å². The summed E-state index contributed by atoms with van der Waals surface area (Å²) in [5.74, 6) is 2.16. The van der Waals surface area contributed by atoms with Crippen LogP contribution in [0.15, 0.2) is 23.4 Å². The molecule has 114 valence electrons. The molecular weight excluding hydrogens is 331 g/mol. The van der Waals surface area contributed by atoms with Crippen molar-refractivity contribution in [1.29, 1.82) is 0 Å². The molecule has 0 saturated heterocycles. The Balaban J connectivity index is 1.86. The van der Waals surface area contributed by atoms with E-state index in [1.807, 2.05) is 11.5 Å². The Hall–Kier alpha value is -0.950. The molecule has 2 rings (SSSR count). The van der Waals surface area contributed by atoms with Gasteiger partial charge in [0.15, 0.2) is 5.16 Å². The summed E-state index contributed by atoms with van der Waals surface area (Å²) in [5, 5.41) is 10.1. The zero-order valence-corrected chi connectivity index (χ0v) is 13.9. The number of aromatic nitrogens is 3. The van der Waals surface area contributed by atoms with Gasteiger partial charge < -0.3 is 15.0 Å². The number of rotatable bonds is 7. The second kappa shape index (κ2) is 7.89. The highest BCUT2D eigenvalue weighted by atomic mass is 35.5. The summed E-state index contributed by atoms with van der Waals surface area (Å²) in [7, 11) is 0. The summed E-state index contributed by atoms with van der Waals surface area (Å²) < 4.78 is 7.63. The maximum absolute atomic E-state index is 6.04. The molecule has 2 N–H and O–H groups in total. The smallest absolute Gasteiger partial charge is 0.191 e. The van der Waals surface area contributed by atoms with Gasteiger partial charge in [-0.05, 0) is 25.1 Å². The molecule has 0 atom stereocenters. The summed E-state index contributed by atoms with van der Waals surface area (Å²) in [6.07, 6.45) is 0. The van der Waals surface area contributed by atoms with E-state index in [0.29, 0.717) is 28.9 Å². The second-order valence-corrected chi connectivity index (χ2v) is 6.02. The van der Waals surface area contributed by atoms with E-state index >= 15 is 0 Å². The number of nitrogens with two attached hydrogens (primary N) is 1. The Morgan fingerprint density at radius 2 is 2.14 bits per heavy atom. The van der Waals surface area contributed by atoms with Crippen LogP contribution in [0.4, 0.5) is 0 Å². The molecule has 0 radical (unpaired) electrons. The van der Waals surface area contributed by atoms with Crippen molar-refractivity contribution in [2.45, 2.75) is 25.2 Å². The van der Waals surface area contributed by atoms with Gasteiger partial charge >= 0.3 is 0 Å². The highest BCUT2D eigenvalue weighted by Gasteiger charge is 2.10. The van der Waals surface area contributed by atoms with Gasteiger partial charge in [0.25, 0.3) is 0 Å². The van der Waals surface area contributed by atoms with E-state index in [1.54, 1.807) is 30.0 Å². The summed E-state index contributed by atoms with van der Waals surface area (Å²) >= 11 is 13.4. The van der Waals surface area contributed by atoms with Gasteiger partial charge in [0.1, 0.15) is 11.6 Å². The second-order valence-electron chi connectivity index (χ2n) is 4.12. The van der Waals surface area contributed by atoms with Crippen LogP contribution in [0, 0.1) is 0 Å². The molecule has 2 aromatic rings. The largest absolute Gasteiger partial charge is 0.491 e. The van der Waals surface area contributed by atoms with E-state index in [9.17, 15) is 0 Å².